The lowest BCUT2D eigenvalue weighted by Crippen LogP contribution is -2.01. The standard InChI is InChI=1S/C12H13BrO/c1-8(2)9(3)12(14)10-4-6-11(13)7-5-10/h4-7H,1-3H3. The van der Waals surface area contributed by atoms with Gasteiger partial charge in [0.1, 0.15) is 0 Å². The van der Waals surface area contributed by atoms with Crippen molar-refractivity contribution in [3.8, 4) is 0 Å². The second kappa shape index (κ2) is 4.56. The van der Waals surface area contributed by atoms with Gasteiger partial charge in [-0.15, -0.1) is 0 Å². The summed E-state index contributed by atoms with van der Waals surface area (Å²) in [6.45, 7) is 5.76. The predicted molar refractivity (Wildman–Crippen MR) is 62.5 cm³/mol. The summed E-state index contributed by atoms with van der Waals surface area (Å²) in [5.41, 5.74) is 2.64. The molecule has 0 aliphatic heterocycles. The minimum atomic E-state index is 0.109. The Labute approximate surface area is 93.0 Å². The van der Waals surface area contributed by atoms with E-state index in [1.54, 1.807) is 0 Å². The van der Waals surface area contributed by atoms with Crippen LogP contribution in [0, 0.1) is 0 Å². The molecule has 0 bridgehead atoms. The molecule has 0 heterocycles. The van der Waals surface area contributed by atoms with E-state index in [0.717, 1.165) is 21.2 Å². The lowest BCUT2D eigenvalue weighted by atomic mass is 10.0. The summed E-state index contributed by atoms with van der Waals surface area (Å²) in [6.07, 6.45) is 0. The van der Waals surface area contributed by atoms with Crippen LogP contribution >= 0.6 is 15.9 Å². The molecule has 0 spiro atoms. The molecule has 2 heteroatoms. The third kappa shape index (κ3) is 2.55. The van der Waals surface area contributed by atoms with Gasteiger partial charge < -0.3 is 0 Å². The second-order valence-corrected chi connectivity index (χ2v) is 4.38. The average molecular weight is 253 g/mol. The Hall–Kier alpha value is -0.890. The second-order valence-electron chi connectivity index (χ2n) is 3.46. The Morgan fingerprint density at radius 1 is 1.07 bits per heavy atom. The van der Waals surface area contributed by atoms with Crippen LogP contribution in [0.4, 0.5) is 0 Å². The average Bonchev–Trinajstić information content (AvgIpc) is 2.16. The van der Waals surface area contributed by atoms with Crippen molar-refractivity contribution >= 4 is 21.7 Å². The molecule has 74 valence electrons. The monoisotopic (exact) mass is 252 g/mol. The molecule has 0 fully saturated rings. The lowest BCUT2D eigenvalue weighted by Gasteiger charge is -2.03. The highest BCUT2D eigenvalue weighted by atomic mass is 79.9. The van der Waals surface area contributed by atoms with Gasteiger partial charge in [0.05, 0.1) is 0 Å². The van der Waals surface area contributed by atoms with E-state index in [4.69, 9.17) is 0 Å². The minimum Gasteiger partial charge on any atom is -0.289 e. The Morgan fingerprint density at radius 3 is 2.00 bits per heavy atom. The van der Waals surface area contributed by atoms with E-state index in [2.05, 4.69) is 15.9 Å². The fraction of sp³-hybridized carbons (Fsp3) is 0.250. The number of rotatable bonds is 2. The fourth-order valence-corrected chi connectivity index (χ4v) is 1.31. The van der Waals surface area contributed by atoms with Gasteiger partial charge in [-0.05, 0) is 50.6 Å². The minimum absolute atomic E-state index is 0.109. The normalized spacial score (nSPS) is 9.71. The molecular formula is C12H13BrO. The third-order valence-corrected chi connectivity index (χ3v) is 2.73. The van der Waals surface area contributed by atoms with E-state index in [9.17, 15) is 4.79 Å². The quantitative estimate of drug-likeness (QED) is 0.575. The zero-order valence-corrected chi connectivity index (χ0v) is 10.2. The molecule has 0 saturated heterocycles. The number of ketones is 1. The van der Waals surface area contributed by atoms with Crippen molar-refractivity contribution in [2.45, 2.75) is 20.8 Å². The van der Waals surface area contributed by atoms with E-state index < -0.39 is 0 Å². The van der Waals surface area contributed by atoms with Gasteiger partial charge >= 0.3 is 0 Å². The molecule has 1 rings (SSSR count). The maximum absolute atomic E-state index is 11.8. The number of halogens is 1. The van der Waals surface area contributed by atoms with Crippen LogP contribution in [-0.4, -0.2) is 5.78 Å². The zero-order valence-electron chi connectivity index (χ0n) is 8.60. The Kier molecular flexibility index (Phi) is 3.64. The number of benzene rings is 1. The van der Waals surface area contributed by atoms with Gasteiger partial charge in [0, 0.05) is 10.0 Å². The number of Topliss-reactive ketones (excluding diaryl/α,β-unsaturated/α-hetero) is 1. The van der Waals surface area contributed by atoms with E-state index in [-0.39, 0.29) is 5.78 Å². The van der Waals surface area contributed by atoms with Gasteiger partial charge in [-0.1, -0.05) is 21.5 Å². The van der Waals surface area contributed by atoms with Gasteiger partial charge in [-0.2, -0.15) is 0 Å². The lowest BCUT2D eigenvalue weighted by molar-refractivity contribution is 0.103. The summed E-state index contributed by atoms with van der Waals surface area (Å²) >= 11 is 3.34. The van der Waals surface area contributed by atoms with Gasteiger partial charge in [0.15, 0.2) is 5.78 Å². The Balaban J connectivity index is 3.02. The first kappa shape index (κ1) is 11.2. The molecule has 0 saturated carbocycles. The smallest absolute Gasteiger partial charge is 0.188 e. The zero-order chi connectivity index (χ0) is 10.7. The third-order valence-electron chi connectivity index (χ3n) is 2.20. The highest BCUT2D eigenvalue weighted by Gasteiger charge is 2.08. The number of allylic oxidation sites excluding steroid dienone is 2. The van der Waals surface area contributed by atoms with Gasteiger partial charge in [-0.3, -0.25) is 4.79 Å². The molecule has 1 aromatic rings. The molecule has 1 nitrogen and oxygen atoms in total. The molecule has 0 amide bonds. The number of hydrogen-bond acceptors (Lipinski definition) is 1. The molecule has 14 heavy (non-hydrogen) atoms. The first-order chi connectivity index (χ1) is 6.52. The first-order valence-corrected chi connectivity index (χ1v) is 5.26. The van der Waals surface area contributed by atoms with Crippen molar-refractivity contribution in [2.24, 2.45) is 0 Å². The van der Waals surface area contributed by atoms with Crippen molar-refractivity contribution in [2.75, 3.05) is 0 Å². The summed E-state index contributed by atoms with van der Waals surface area (Å²) in [6, 6.07) is 7.43. The van der Waals surface area contributed by atoms with E-state index in [1.165, 1.54) is 0 Å². The van der Waals surface area contributed by atoms with Gasteiger partial charge in [0.2, 0.25) is 0 Å². The van der Waals surface area contributed by atoms with E-state index >= 15 is 0 Å². The summed E-state index contributed by atoms with van der Waals surface area (Å²) in [5.74, 6) is 0.109. The van der Waals surface area contributed by atoms with Gasteiger partial charge in [-0.25, -0.2) is 0 Å². The van der Waals surface area contributed by atoms with Crippen LogP contribution in [0.1, 0.15) is 31.1 Å². The molecular weight excluding hydrogens is 240 g/mol. The van der Waals surface area contributed by atoms with Crippen LogP contribution in [0.3, 0.4) is 0 Å². The summed E-state index contributed by atoms with van der Waals surface area (Å²) in [4.78, 5) is 11.8. The van der Waals surface area contributed by atoms with Crippen molar-refractivity contribution in [3.05, 3.63) is 45.4 Å². The summed E-state index contributed by atoms with van der Waals surface area (Å²) < 4.78 is 0.990. The highest BCUT2D eigenvalue weighted by molar-refractivity contribution is 9.10. The molecule has 0 N–H and O–H groups in total. The molecule has 0 radical (unpaired) electrons. The molecule has 0 unspecified atom stereocenters. The molecule has 0 aliphatic carbocycles. The Morgan fingerprint density at radius 2 is 1.57 bits per heavy atom. The summed E-state index contributed by atoms with van der Waals surface area (Å²) in [7, 11) is 0. The van der Waals surface area contributed by atoms with Crippen LogP contribution in [0.5, 0.6) is 0 Å². The van der Waals surface area contributed by atoms with Crippen LogP contribution in [-0.2, 0) is 0 Å². The van der Waals surface area contributed by atoms with Crippen LogP contribution in [0.25, 0.3) is 0 Å². The molecule has 0 aromatic heterocycles. The Bertz CT molecular complexity index is 370. The predicted octanol–water partition coefficient (Wildman–Crippen LogP) is 3.99. The maximum atomic E-state index is 11.8. The van der Waals surface area contributed by atoms with E-state index in [0.29, 0.717) is 0 Å². The maximum Gasteiger partial charge on any atom is 0.188 e. The number of carbonyl (C=O) groups excluding carboxylic acids is 1. The van der Waals surface area contributed by atoms with Crippen LogP contribution in [0.2, 0.25) is 0 Å². The van der Waals surface area contributed by atoms with E-state index in [1.807, 2.05) is 45.0 Å². The van der Waals surface area contributed by atoms with Gasteiger partial charge in [0.25, 0.3) is 0 Å². The topological polar surface area (TPSA) is 17.1 Å². The highest BCUT2D eigenvalue weighted by Crippen LogP contribution is 2.15. The summed E-state index contributed by atoms with van der Waals surface area (Å²) in [5, 5.41) is 0. The van der Waals surface area contributed by atoms with Crippen LogP contribution in [0.15, 0.2) is 39.9 Å². The van der Waals surface area contributed by atoms with Crippen molar-refractivity contribution in [1.29, 1.82) is 0 Å². The number of hydrogen-bond donors (Lipinski definition) is 0. The molecule has 1 aromatic carbocycles. The SMILES string of the molecule is CC(C)=C(C)C(=O)c1ccc(Br)cc1. The van der Waals surface area contributed by atoms with Crippen molar-refractivity contribution in [3.63, 3.8) is 0 Å². The van der Waals surface area contributed by atoms with Crippen molar-refractivity contribution < 1.29 is 4.79 Å². The molecule has 0 aliphatic rings. The fourth-order valence-electron chi connectivity index (χ4n) is 1.04. The first-order valence-electron chi connectivity index (χ1n) is 4.46. The molecule has 0 atom stereocenters. The largest absolute Gasteiger partial charge is 0.289 e. The number of carbonyl (C=O) groups is 1. The van der Waals surface area contributed by atoms with Crippen LogP contribution < -0.4 is 0 Å². The van der Waals surface area contributed by atoms with Crippen molar-refractivity contribution in [1.82, 2.24) is 0 Å².